The van der Waals surface area contributed by atoms with E-state index in [9.17, 15) is 4.79 Å². The van der Waals surface area contributed by atoms with E-state index in [-0.39, 0.29) is 11.9 Å². The minimum atomic E-state index is -0.0198. The van der Waals surface area contributed by atoms with Crippen LogP contribution in [-0.4, -0.2) is 61.8 Å². The SMILES string of the molecule is Cc1nn(C)c(C)c1CC(=O)N1CCN(C(C)c2nc(-c3ccc(Cl)cc3)no2)CC1. The van der Waals surface area contributed by atoms with E-state index in [0.717, 1.165) is 35.6 Å². The van der Waals surface area contributed by atoms with Crippen LogP contribution in [-0.2, 0) is 18.3 Å². The fourth-order valence-corrected chi connectivity index (χ4v) is 4.10. The quantitative estimate of drug-likeness (QED) is 0.603. The molecule has 0 radical (unpaired) electrons. The highest BCUT2D eigenvalue weighted by Crippen LogP contribution is 2.24. The van der Waals surface area contributed by atoms with Gasteiger partial charge in [-0.2, -0.15) is 10.1 Å². The molecule has 1 aliphatic rings. The summed E-state index contributed by atoms with van der Waals surface area (Å²) in [5.74, 6) is 1.27. The molecule has 0 N–H and O–H groups in total. The van der Waals surface area contributed by atoms with Crippen molar-refractivity contribution in [3.63, 3.8) is 0 Å². The van der Waals surface area contributed by atoms with E-state index in [0.29, 0.717) is 36.2 Å². The Balaban J connectivity index is 1.35. The van der Waals surface area contributed by atoms with E-state index in [1.165, 1.54) is 0 Å². The maximum atomic E-state index is 12.8. The summed E-state index contributed by atoms with van der Waals surface area (Å²) in [5.41, 5.74) is 3.87. The Bertz CT molecular complexity index is 1070. The molecular weight excluding hydrogens is 416 g/mol. The van der Waals surface area contributed by atoms with E-state index in [1.54, 1.807) is 12.1 Å². The molecule has 164 valence electrons. The number of hydrogen-bond donors (Lipinski definition) is 0. The van der Waals surface area contributed by atoms with Gasteiger partial charge in [-0.1, -0.05) is 16.8 Å². The number of nitrogens with zero attached hydrogens (tertiary/aromatic N) is 6. The molecule has 9 heteroatoms. The highest BCUT2D eigenvalue weighted by molar-refractivity contribution is 6.30. The Labute approximate surface area is 186 Å². The van der Waals surface area contributed by atoms with Crippen LogP contribution < -0.4 is 0 Å². The second-order valence-electron chi connectivity index (χ2n) is 8.01. The molecular formula is C22H27ClN6O2. The van der Waals surface area contributed by atoms with Gasteiger partial charge in [-0.3, -0.25) is 14.4 Å². The third kappa shape index (κ3) is 4.50. The second kappa shape index (κ2) is 8.80. The van der Waals surface area contributed by atoms with E-state index < -0.39 is 0 Å². The molecule has 1 aliphatic heterocycles. The molecule has 1 unspecified atom stereocenters. The van der Waals surface area contributed by atoms with Gasteiger partial charge in [-0.25, -0.2) is 0 Å². The first kappa shape index (κ1) is 21.5. The molecule has 8 nitrogen and oxygen atoms in total. The third-order valence-electron chi connectivity index (χ3n) is 6.10. The molecule has 0 spiro atoms. The molecule has 3 aromatic rings. The monoisotopic (exact) mass is 442 g/mol. The van der Waals surface area contributed by atoms with Crippen LogP contribution in [0.15, 0.2) is 28.8 Å². The van der Waals surface area contributed by atoms with Crippen molar-refractivity contribution in [1.29, 1.82) is 0 Å². The molecule has 1 fully saturated rings. The number of amides is 1. The van der Waals surface area contributed by atoms with Crippen molar-refractivity contribution in [2.45, 2.75) is 33.2 Å². The summed E-state index contributed by atoms with van der Waals surface area (Å²) < 4.78 is 7.35. The highest BCUT2D eigenvalue weighted by Gasteiger charge is 2.28. The van der Waals surface area contributed by atoms with Gasteiger partial charge in [0.25, 0.3) is 0 Å². The van der Waals surface area contributed by atoms with Crippen molar-refractivity contribution in [2.24, 2.45) is 7.05 Å². The molecule has 3 heterocycles. The molecule has 2 aromatic heterocycles. The van der Waals surface area contributed by atoms with Crippen molar-refractivity contribution in [3.05, 3.63) is 52.1 Å². The number of benzene rings is 1. The van der Waals surface area contributed by atoms with Gasteiger partial charge in [0, 0.05) is 55.1 Å². The Kier molecular flexibility index (Phi) is 6.11. The van der Waals surface area contributed by atoms with Crippen molar-refractivity contribution in [2.75, 3.05) is 26.2 Å². The average molecular weight is 443 g/mol. The van der Waals surface area contributed by atoms with Crippen molar-refractivity contribution in [1.82, 2.24) is 29.7 Å². The van der Waals surface area contributed by atoms with Gasteiger partial charge in [0.1, 0.15) is 0 Å². The fraction of sp³-hybridized carbons (Fsp3) is 0.455. The van der Waals surface area contributed by atoms with Crippen molar-refractivity contribution >= 4 is 17.5 Å². The third-order valence-corrected chi connectivity index (χ3v) is 6.36. The van der Waals surface area contributed by atoms with Gasteiger partial charge in [0.05, 0.1) is 18.2 Å². The maximum absolute atomic E-state index is 12.8. The standard InChI is InChI=1S/C22H27ClN6O2/c1-14-19(15(2)27(4)25-14)13-20(30)29-11-9-28(10-12-29)16(3)22-24-21(26-31-22)17-5-7-18(23)8-6-17/h5-8,16H,9-13H2,1-4H3. The molecule has 1 aromatic carbocycles. The average Bonchev–Trinajstić information content (AvgIpc) is 3.35. The number of halogens is 1. The lowest BCUT2D eigenvalue weighted by Crippen LogP contribution is -2.49. The van der Waals surface area contributed by atoms with E-state index >= 15 is 0 Å². The van der Waals surface area contributed by atoms with Crippen LogP contribution in [0.2, 0.25) is 5.02 Å². The minimum absolute atomic E-state index is 0.0198. The van der Waals surface area contributed by atoms with Crippen molar-refractivity contribution in [3.8, 4) is 11.4 Å². The number of rotatable bonds is 5. The molecule has 0 bridgehead atoms. The number of piperazine rings is 1. The number of hydrogen-bond acceptors (Lipinski definition) is 6. The van der Waals surface area contributed by atoms with Crippen LogP contribution in [0.5, 0.6) is 0 Å². The van der Waals surface area contributed by atoms with Crippen LogP contribution in [0.4, 0.5) is 0 Å². The summed E-state index contributed by atoms with van der Waals surface area (Å²) in [4.78, 5) is 21.6. The fourth-order valence-electron chi connectivity index (χ4n) is 3.97. The van der Waals surface area contributed by atoms with Crippen molar-refractivity contribution < 1.29 is 9.32 Å². The molecule has 0 saturated carbocycles. The van der Waals surface area contributed by atoms with Crippen LogP contribution in [0, 0.1) is 13.8 Å². The highest BCUT2D eigenvalue weighted by atomic mass is 35.5. The zero-order valence-electron chi connectivity index (χ0n) is 18.3. The largest absolute Gasteiger partial charge is 0.340 e. The number of carbonyl (C=O) groups is 1. The van der Waals surface area contributed by atoms with Gasteiger partial charge in [-0.05, 0) is 45.0 Å². The lowest BCUT2D eigenvalue weighted by molar-refractivity contribution is -0.132. The van der Waals surface area contributed by atoms with Crippen LogP contribution in [0.3, 0.4) is 0 Å². The minimum Gasteiger partial charge on any atom is -0.340 e. The number of carbonyl (C=O) groups excluding carboxylic acids is 1. The second-order valence-corrected chi connectivity index (χ2v) is 8.44. The van der Waals surface area contributed by atoms with Gasteiger partial charge < -0.3 is 9.42 Å². The van der Waals surface area contributed by atoms with Gasteiger partial charge in [0.15, 0.2) is 0 Å². The first-order valence-corrected chi connectivity index (χ1v) is 10.8. The first-order valence-electron chi connectivity index (χ1n) is 10.4. The molecule has 1 saturated heterocycles. The predicted octanol–water partition coefficient (Wildman–Crippen LogP) is 3.19. The normalized spacial score (nSPS) is 16.0. The Morgan fingerprint density at radius 1 is 1.16 bits per heavy atom. The van der Waals surface area contributed by atoms with Gasteiger partial charge in [0.2, 0.25) is 17.6 Å². The zero-order valence-corrected chi connectivity index (χ0v) is 19.1. The molecule has 0 aliphatic carbocycles. The van der Waals surface area contributed by atoms with E-state index in [2.05, 4.69) is 27.1 Å². The first-order chi connectivity index (χ1) is 14.8. The Morgan fingerprint density at radius 3 is 2.45 bits per heavy atom. The van der Waals surface area contributed by atoms with Gasteiger partial charge in [-0.15, -0.1) is 0 Å². The number of aryl methyl sites for hydroxylation is 2. The smallest absolute Gasteiger partial charge is 0.244 e. The lowest BCUT2D eigenvalue weighted by atomic mass is 10.1. The molecule has 1 amide bonds. The summed E-state index contributed by atoms with van der Waals surface area (Å²) in [6.45, 7) is 8.90. The summed E-state index contributed by atoms with van der Waals surface area (Å²) in [6, 6.07) is 7.34. The van der Waals surface area contributed by atoms with Crippen LogP contribution in [0.25, 0.3) is 11.4 Å². The molecule has 31 heavy (non-hydrogen) atoms. The summed E-state index contributed by atoms with van der Waals surface area (Å²) in [7, 11) is 1.91. The van der Waals surface area contributed by atoms with Gasteiger partial charge >= 0.3 is 0 Å². The molecule has 1 atom stereocenters. The summed E-state index contributed by atoms with van der Waals surface area (Å²) in [5, 5.41) is 9.19. The number of aromatic nitrogens is 4. The van der Waals surface area contributed by atoms with E-state index in [4.69, 9.17) is 16.1 Å². The van der Waals surface area contributed by atoms with Crippen LogP contribution >= 0.6 is 11.6 Å². The molecule has 4 rings (SSSR count). The lowest BCUT2D eigenvalue weighted by Gasteiger charge is -2.36. The summed E-state index contributed by atoms with van der Waals surface area (Å²) >= 11 is 5.95. The zero-order chi connectivity index (χ0) is 22.1. The summed E-state index contributed by atoms with van der Waals surface area (Å²) in [6.07, 6.45) is 0.398. The van der Waals surface area contributed by atoms with E-state index in [1.807, 2.05) is 42.6 Å². The topological polar surface area (TPSA) is 80.3 Å². The Hall–Kier alpha value is -2.71. The predicted molar refractivity (Wildman–Crippen MR) is 118 cm³/mol. The van der Waals surface area contributed by atoms with Crippen LogP contribution in [0.1, 0.15) is 35.8 Å². The maximum Gasteiger partial charge on any atom is 0.244 e. The Morgan fingerprint density at radius 2 is 1.84 bits per heavy atom.